The summed E-state index contributed by atoms with van der Waals surface area (Å²) in [6.45, 7) is 3.26. The fourth-order valence-corrected chi connectivity index (χ4v) is 3.61. The van der Waals surface area contributed by atoms with Gasteiger partial charge < -0.3 is 14.8 Å². The number of ether oxygens (including phenoxy) is 2. The van der Waals surface area contributed by atoms with Gasteiger partial charge in [-0.1, -0.05) is 0 Å². The van der Waals surface area contributed by atoms with Crippen molar-refractivity contribution in [2.24, 2.45) is 5.41 Å². The molecule has 2 aliphatic heterocycles. The molecule has 1 spiro atoms. The minimum atomic E-state index is -0.245. The number of carbonyl (C=O) groups is 1. The average molecular weight is 319 g/mol. The van der Waals surface area contributed by atoms with Gasteiger partial charge >= 0.3 is 5.97 Å². The predicted octanol–water partition coefficient (Wildman–Crippen LogP) is 1.21. The Hall–Kier alpha value is -1.66. The lowest BCUT2D eigenvalue weighted by atomic mass is 9.76. The van der Waals surface area contributed by atoms with Gasteiger partial charge in [0.05, 0.1) is 18.2 Å². The topological polar surface area (TPSA) is 63.7 Å². The summed E-state index contributed by atoms with van der Waals surface area (Å²) in [5.41, 5.74) is 0.707. The van der Waals surface area contributed by atoms with Crippen molar-refractivity contribution < 1.29 is 14.3 Å². The summed E-state index contributed by atoms with van der Waals surface area (Å²) in [7, 11) is 3.68. The van der Waals surface area contributed by atoms with Crippen LogP contribution in [0, 0.1) is 5.41 Å². The van der Waals surface area contributed by atoms with Gasteiger partial charge in [0, 0.05) is 31.8 Å². The Labute approximate surface area is 137 Å². The van der Waals surface area contributed by atoms with E-state index in [1.165, 1.54) is 0 Å². The monoisotopic (exact) mass is 319 g/mol. The van der Waals surface area contributed by atoms with Crippen LogP contribution in [-0.2, 0) is 16.1 Å². The lowest BCUT2D eigenvalue weighted by Gasteiger charge is -2.29. The molecule has 1 aromatic heterocycles. The number of nitrogens with one attached hydrogen (secondary N) is 1. The van der Waals surface area contributed by atoms with Gasteiger partial charge in [0.1, 0.15) is 11.9 Å². The number of esters is 1. The van der Waals surface area contributed by atoms with Gasteiger partial charge in [0.2, 0.25) is 0 Å². The van der Waals surface area contributed by atoms with Crippen LogP contribution in [0.5, 0.6) is 5.75 Å². The first kappa shape index (κ1) is 16.2. The van der Waals surface area contributed by atoms with E-state index >= 15 is 0 Å². The molecule has 1 unspecified atom stereocenters. The van der Waals surface area contributed by atoms with Crippen LogP contribution in [0.2, 0.25) is 0 Å². The fourth-order valence-electron chi connectivity index (χ4n) is 3.61. The molecule has 0 aromatic carbocycles. The molecule has 0 radical (unpaired) electrons. The molecule has 0 saturated carbocycles. The number of aromatic nitrogens is 1. The molecule has 23 heavy (non-hydrogen) atoms. The van der Waals surface area contributed by atoms with Crippen LogP contribution in [0.15, 0.2) is 18.3 Å². The fraction of sp³-hybridized carbons (Fsp3) is 0.647. The Morgan fingerprint density at radius 2 is 2.26 bits per heavy atom. The number of hydrogen-bond acceptors (Lipinski definition) is 6. The second kappa shape index (κ2) is 6.84. The molecule has 1 aromatic rings. The third-order valence-corrected chi connectivity index (χ3v) is 4.86. The van der Waals surface area contributed by atoms with E-state index in [0.29, 0.717) is 6.54 Å². The van der Waals surface area contributed by atoms with Gasteiger partial charge in [-0.05, 0) is 39.0 Å². The van der Waals surface area contributed by atoms with Gasteiger partial charge in [-0.15, -0.1) is 0 Å². The minimum absolute atomic E-state index is 0.00287. The van der Waals surface area contributed by atoms with Gasteiger partial charge in [-0.3, -0.25) is 14.7 Å². The number of carbonyl (C=O) groups excluding carboxylic acids is 1. The van der Waals surface area contributed by atoms with Crippen LogP contribution in [0.3, 0.4) is 0 Å². The number of hydrogen-bond donors (Lipinski definition) is 1. The second-order valence-corrected chi connectivity index (χ2v) is 6.65. The quantitative estimate of drug-likeness (QED) is 0.823. The van der Waals surface area contributed by atoms with Gasteiger partial charge in [-0.25, -0.2) is 0 Å². The highest BCUT2D eigenvalue weighted by Gasteiger charge is 2.49. The molecule has 3 heterocycles. The lowest BCUT2D eigenvalue weighted by Crippen LogP contribution is -2.39. The smallest absolute Gasteiger partial charge is 0.312 e. The van der Waals surface area contributed by atoms with Crippen LogP contribution in [0.1, 0.15) is 25.0 Å². The van der Waals surface area contributed by atoms with Crippen molar-refractivity contribution in [3.05, 3.63) is 24.0 Å². The third kappa shape index (κ3) is 3.64. The molecule has 0 bridgehead atoms. The summed E-state index contributed by atoms with van der Waals surface area (Å²) in [4.78, 5) is 18.8. The summed E-state index contributed by atoms with van der Waals surface area (Å²) in [5, 5.41) is 3.32. The maximum absolute atomic E-state index is 12.3. The maximum Gasteiger partial charge on any atom is 0.312 e. The lowest BCUT2D eigenvalue weighted by molar-refractivity contribution is -0.150. The van der Waals surface area contributed by atoms with Crippen LogP contribution < -0.4 is 10.1 Å². The minimum Gasteiger partial charge on any atom is -0.497 e. The third-order valence-electron chi connectivity index (χ3n) is 4.86. The normalized spacial score (nSPS) is 23.3. The van der Waals surface area contributed by atoms with Crippen molar-refractivity contribution >= 4 is 5.97 Å². The number of methoxy groups -OCH3 is 1. The summed E-state index contributed by atoms with van der Waals surface area (Å²) >= 11 is 0. The van der Waals surface area contributed by atoms with E-state index in [2.05, 4.69) is 15.2 Å². The van der Waals surface area contributed by atoms with Crippen molar-refractivity contribution in [1.29, 1.82) is 0 Å². The van der Waals surface area contributed by atoms with E-state index in [9.17, 15) is 4.79 Å². The molecule has 1 atom stereocenters. The first-order chi connectivity index (χ1) is 11.1. The number of cyclic esters (lactones) is 1. The van der Waals surface area contributed by atoms with Crippen LogP contribution in [-0.4, -0.2) is 55.7 Å². The second-order valence-electron chi connectivity index (χ2n) is 6.65. The molecule has 1 N–H and O–H groups in total. The molecule has 6 heteroatoms. The molecular formula is C17H25N3O3. The van der Waals surface area contributed by atoms with E-state index in [1.54, 1.807) is 13.3 Å². The Morgan fingerprint density at radius 3 is 3.00 bits per heavy atom. The molecule has 2 aliphatic rings. The van der Waals surface area contributed by atoms with Crippen molar-refractivity contribution in [1.82, 2.24) is 15.2 Å². The number of pyridine rings is 1. The number of piperidine rings is 1. The summed E-state index contributed by atoms with van der Waals surface area (Å²) in [5.74, 6) is 0.807. The largest absolute Gasteiger partial charge is 0.497 e. The number of rotatable bonds is 5. The molecule has 0 aliphatic carbocycles. The molecule has 3 rings (SSSR count). The molecule has 0 amide bonds. The number of likely N-dealkylation sites (N-methyl/N-ethyl adjacent to an activating group) is 1. The van der Waals surface area contributed by atoms with Gasteiger partial charge in [0.15, 0.2) is 0 Å². The zero-order valence-electron chi connectivity index (χ0n) is 13.9. The summed E-state index contributed by atoms with van der Waals surface area (Å²) < 4.78 is 10.9. The predicted molar refractivity (Wildman–Crippen MR) is 86.2 cm³/mol. The van der Waals surface area contributed by atoms with Gasteiger partial charge in [-0.2, -0.15) is 0 Å². The number of nitrogens with zero attached hydrogens (tertiary/aromatic N) is 2. The van der Waals surface area contributed by atoms with Crippen molar-refractivity contribution in [2.45, 2.75) is 31.9 Å². The maximum atomic E-state index is 12.3. The van der Waals surface area contributed by atoms with Crippen LogP contribution in [0.25, 0.3) is 0 Å². The van der Waals surface area contributed by atoms with Crippen LogP contribution >= 0.6 is 0 Å². The van der Waals surface area contributed by atoms with E-state index in [1.807, 2.05) is 19.2 Å². The Bertz CT molecular complexity index is 558. The molecule has 6 nitrogen and oxygen atoms in total. The van der Waals surface area contributed by atoms with E-state index in [4.69, 9.17) is 9.47 Å². The average Bonchev–Trinajstić information content (AvgIpc) is 2.83. The SMILES string of the molecule is COc1ccnc(CN(C)CC2CC3(CCNCC3)C(=O)O2)c1. The van der Waals surface area contributed by atoms with Gasteiger partial charge in [0.25, 0.3) is 0 Å². The van der Waals surface area contributed by atoms with Crippen molar-refractivity contribution in [2.75, 3.05) is 33.8 Å². The molecule has 2 fully saturated rings. The summed E-state index contributed by atoms with van der Waals surface area (Å²) in [6.07, 6.45) is 4.36. The van der Waals surface area contributed by atoms with Crippen molar-refractivity contribution in [3.63, 3.8) is 0 Å². The Balaban J connectivity index is 1.56. The first-order valence-corrected chi connectivity index (χ1v) is 8.20. The first-order valence-electron chi connectivity index (χ1n) is 8.20. The highest BCUT2D eigenvalue weighted by Crippen LogP contribution is 2.41. The summed E-state index contributed by atoms with van der Waals surface area (Å²) in [6, 6.07) is 3.77. The molecular weight excluding hydrogens is 294 g/mol. The molecule has 126 valence electrons. The van der Waals surface area contributed by atoms with E-state index in [0.717, 1.165) is 50.3 Å². The van der Waals surface area contributed by atoms with E-state index in [-0.39, 0.29) is 17.5 Å². The molecule has 2 saturated heterocycles. The highest BCUT2D eigenvalue weighted by atomic mass is 16.6. The van der Waals surface area contributed by atoms with E-state index < -0.39 is 0 Å². The zero-order valence-corrected chi connectivity index (χ0v) is 13.9. The van der Waals surface area contributed by atoms with Crippen LogP contribution in [0.4, 0.5) is 0 Å². The zero-order chi connectivity index (χ0) is 16.3. The Kier molecular flexibility index (Phi) is 4.82. The highest BCUT2D eigenvalue weighted by molar-refractivity contribution is 5.79. The van der Waals surface area contributed by atoms with Crippen molar-refractivity contribution in [3.8, 4) is 5.75 Å². The Morgan fingerprint density at radius 1 is 1.48 bits per heavy atom. The standard InChI is InChI=1S/C17H25N3O3/c1-20(11-13-9-14(22-2)3-6-19-13)12-15-10-17(16(21)23-15)4-7-18-8-5-17/h3,6,9,15,18H,4-5,7-8,10-12H2,1-2H3.